The Morgan fingerprint density at radius 1 is 1.45 bits per heavy atom. The van der Waals surface area contributed by atoms with E-state index in [1.165, 1.54) is 30.7 Å². The lowest BCUT2D eigenvalue weighted by Crippen LogP contribution is -2.42. The molecule has 2 aromatic heterocycles. The van der Waals surface area contributed by atoms with Crippen molar-refractivity contribution in [2.24, 2.45) is 0 Å². The second-order valence-corrected chi connectivity index (χ2v) is 6.86. The molecule has 4 heterocycles. The van der Waals surface area contributed by atoms with E-state index in [1.807, 2.05) is 17.5 Å². The fourth-order valence-corrected chi connectivity index (χ4v) is 4.36. The van der Waals surface area contributed by atoms with Gasteiger partial charge in [0.05, 0.1) is 18.4 Å². The number of hydrogen-bond donors (Lipinski definition) is 1. The van der Waals surface area contributed by atoms with Gasteiger partial charge >= 0.3 is 0 Å². The van der Waals surface area contributed by atoms with E-state index in [0.717, 1.165) is 29.4 Å². The number of nitrogens with one attached hydrogen (secondary N) is 1. The number of amides is 1. The largest absolute Gasteiger partial charge is 0.462 e. The van der Waals surface area contributed by atoms with Crippen LogP contribution in [0.2, 0.25) is 0 Å². The van der Waals surface area contributed by atoms with Gasteiger partial charge in [-0.15, -0.1) is 11.3 Å². The first-order valence-electron chi connectivity index (χ1n) is 7.81. The molecule has 6 heteroatoms. The van der Waals surface area contributed by atoms with Crippen molar-refractivity contribution in [1.29, 1.82) is 0 Å². The van der Waals surface area contributed by atoms with Gasteiger partial charge < -0.3 is 9.73 Å². The number of furan rings is 1. The van der Waals surface area contributed by atoms with Crippen molar-refractivity contribution in [3.63, 3.8) is 0 Å². The van der Waals surface area contributed by atoms with Crippen LogP contribution in [0.5, 0.6) is 0 Å². The highest BCUT2D eigenvalue weighted by Crippen LogP contribution is 2.28. The molecule has 0 aliphatic carbocycles. The summed E-state index contributed by atoms with van der Waals surface area (Å²) in [7, 11) is 0. The molecular formula is C16H19N3O2S. The predicted molar refractivity (Wildman–Crippen MR) is 84.7 cm³/mol. The zero-order chi connectivity index (χ0) is 14.9. The van der Waals surface area contributed by atoms with E-state index in [1.54, 1.807) is 6.26 Å². The van der Waals surface area contributed by atoms with Crippen molar-refractivity contribution in [3.8, 4) is 10.8 Å². The fraction of sp³-hybridized carbons (Fsp3) is 0.500. The van der Waals surface area contributed by atoms with Crippen LogP contribution < -0.4 is 5.32 Å². The molecule has 0 saturated carbocycles. The van der Waals surface area contributed by atoms with E-state index in [2.05, 4.69) is 15.2 Å². The standard InChI is InChI=1S/C16H19N3O2S/c20-15(18-12-5-7-19-6-1-3-13(12)19)9-11-10-22-16(17-11)14-4-2-8-21-14/h2,4,8,10,12-13H,1,3,5-7,9H2,(H,18,20)/t12-,13-/m1/s1. The Balaban J connectivity index is 1.36. The van der Waals surface area contributed by atoms with Gasteiger partial charge in [0.25, 0.3) is 0 Å². The van der Waals surface area contributed by atoms with Crippen LogP contribution in [0.25, 0.3) is 10.8 Å². The molecule has 2 atom stereocenters. The zero-order valence-electron chi connectivity index (χ0n) is 12.3. The number of thiazole rings is 1. The van der Waals surface area contributed by atoms with Crippen LogP contribution in [0.3, 0.4) is 0 Å². The molecule has 0 unspecified atom stereocenters. The van der Waals surface area contributed by atoms with Crippen molar-refractivity contribution in [1.82, 2.24) is 15.2 Å². The molecule has 2 fully saturated rings. The Bertz CT molecular complexity index is 652. The maximum atomic E-state index is 12.3. The van der Waals surface area contributed by atoms with E-state index in [4.69, 9.17) is 4.42 Å². The van der Waals surface area contributed by atoms with E-state index in [-0.39, 0.29) is 5.91 Å². The highest BCUT2D eigenvalue weighted by atomic mass is 32.1. The molecule has 2 aliphatic heterocycles. The van der Waals surface area contributed by atoms with Gasteiger partial charge in [-0.05, 0) is 37.9 Å². The second-order valence-electron chi connectivity index (χ2n) is 6.01. The molecule has 22 heavy (non-hydrogen) atoms. The number of carbonyl (C=O) groups is 1. The molecule has 2 saturated heterocycles. The molecule has 0 bridgehead atoms. The van der Waals surface area contributed by atoms with Crippen molar-refractivity contribution in [2.45, 2.75) is 37.8 Å². The van der Waals surface area contributed by atoms with Crippen molar-refractivity contribution in [3.05, 3.63) is 29.5 Å². The Hall–Kier alpha value is -1.66. The molecule has 0 aromatic carbocycles. The minimum absolute atomic E-state index is 0.0787. The van der Waals surface area contributed by atoms with Gasteiger partial charge in [-0.25, -0.2) is 4.98 Å². The molecule has 1 N–H and O–H groups in total. The lowest BCUT2D eigenvalue weighted by molar-refractivity contribution is -0.121. The first-order chi connectivity index (χ1) is 10.8. The Morgan fingerprint density at radius 2 is 2.41 bits per heavy atom. The predicted octanol–water partition coefficient (Wildman–Crippen LogP) is 2.30. The highest BCUT2D eigenvalue weighted by Gasteiger charge is 2.37. The smallest absolute Gasteiger partial charge is 0.226 e. The third-order valence-electron chi connectivity index (χ3n) is 4.58. The summed E-state index contributed by atoms with van der Waals surface area (Å²) in [6, 6.07) is 4.60. The van der Waals surface area contributed by atoms with Gasteiger partial charge in [-0.3, -0.25) is 9.69 Å². The summed E-state index contributed by atoms with van der Waals surface area (Å²) in [6.45, 7) is 2.31. The third kappa shape index (κ3) is 2.68. The van der Waals surface area contributed by atoms with Gasteiger partial charge in [0.2, 0.25) is 5.91 Å². The van der Waals surface area contributed by atoms with Crippen molar-refractivity contribution in [2.75, 3.05) is 13.1 Å². The summed E-state index contributed by atoms with van der Waals surface area (Å²) in [5, 5.41) is 5.97. The van der Waals surface area contributed by atoms with E-state index < -0.39 is 0 Å². The van der Waals surface area contributed by atoms with E-state index in [9.17, 15) is 4.79 Å². The molecule has 116 valence electrons. The van der Waals surface area contributed by atoms with Crippen LogP contribution in [0.1, 0.15) is 25.0 Å². The number of nitrogens with zero attached hydrogens (tertiary/aromatic N) is 2. The van der Waals surface area contributed by atoms with Gasteiger partial charge in [-0.1, -0.05) is 0 Å². The summed E-state index contributed by atoms with van der Waals surface area (Å²) < 4.78 is 5.33. The lowest BCUT2D eigenvalue weighted by Gasteiger charge is -2.21. The molecule has 4 rings (SSSR count). The first-order valence-corrected chi connectivity index (χ1v) is 8.69. The fourth-order valence-electron chi connectivity index (χ4n) is 3.57. The first kappa shape index (κ1) is 14.0. The SMILES string of the molecule is O=C(Cc1csc(-c2ccco2)n1)N[C@@H]1CCN2CCC[C@H]12. The maximum absolute atomic E-state index is 12.3. The average molecular weight is 317 g/mol. The summed E-state index contributed by atoms with van der Waals surface area (Å²) in [4.78, 5) is 19.3. The Morgan fingerprint density at radius 3 is 3.27 bits per heavy atom. The van der Waals surface area contributed by atoms with Crippen molar-refractivity contribution < 1.29 is 9.21 Å². The van der Waals surface area contributed by atoms with Crippen LogP contribution in [0.4, 0.5) is 0 Å². The summed E-state index contributed by atoms with van der Waals surface area (Å²) in [5.74, 6) is 0.837. The molecule has 0 radical (unpaired) electrons. The van der Waals surface area contributed by atoms with Crippen LogP contribution in [-0.2, 0) is 11.2 Å². The van der Waals surface area contributed by atoms with Crippen LogP contribution in [-0.4, -0.2) is 41.0 Å². The third-order valence-corrected chi connectivity index (χ3v) is 5.48. The monoisotopic (exact) mass is 317 g/mol. The van der Waals surface area contributed by atoms with Gasteiger partial charge in [0.15, 0.2) is 10.8 Å². The molecule has 0 spiro atoms. The highest BCUT2D eigenvalue weighted by molar-refractivity contribution is 7.13. The van der Waals surface area contributed by atoms with Gasteiger partial charge in [0.1, 0.15) is 0 Å². The quantitative estimate of drug-likeness (QED) is 0.940. The molecule has 2 aliphatic rings. The zero-order valence-corrected chi connectivity index (χ0v) is 13.1. The molecular weight excluding hydrogens is 298 g/mol. The van der Waals surface area contributed by atoms with Crippen LogP contribution in [0, 0.1) is 0 Å². The van der Waals surface area contributed by atoms with Crippen LogP contribution in [0.15, 0.2) is 28.2 Å². The Kier molecular flexibility index (Phi) is 3.72. The molecule has 1 amide bonds. The number of fused-ring (bicyclic) bond motifs is 1. The Labute approximate surface area is 133 Å². The number of rotatable bonds is 4. The molecule has 5 nitrogen and oxygen atoms in total. The minimum Gasteiger partial charge on any atom is -0.462 e. The lowest BCUT2D eigenvalue weighted by atomic mass is 10.1. The summed E-state index contributed by atoms with van der Waals surface area (Å²) >= 11 is 1.51. The number of carbonyl (C=O) groups excluding carboxylic acids is 1. The van der Waals surface area contributed by atoms with Crippen molar-refractivity contribution >= 4 is 17.2 Å². The second kappa shape index (κ2) is 5.85. The summed E-state index contributed by atoms with van der Waals surface area (Å²) in [5.41, 5.74) is 0.815. The maximum Gasteiger partial charge on any atom is 0.226 e. The molecule has 2 aromatic rings. The summed E-state index contributed by atoms with van der Waals surface area (Å²) in [6.07, 6.45) is 5.53. The van der Waals surface area contributed by atoms with E-state index >= 15 is 0 Å². The number of aromatic nitrogens is 1. The normalized spacial score (nSPS) is 24.5. The topological polar surface area (TPSA) is 58.4 Å². The van der Waals surface area contributed by atoms with Gasteiger partial charge in [0, 0.05) is 24.0 Å². The van der Waals surface area contributed by atoms with Gasteiger partial charge in [-0.2, -0.15) is 0 Å². The average Bonchev–Trinajstić information content (AvgIpc) is 3.24. The van der Waals surface area contributed by atoms with Crippen LogP contribution >= 0.6 is 11.3 Å². The minimum atomic E-state index is 0.0787. The van der Waals surface area contributed by atoms with E-state index in [0.29, 0.717) is 18.5 Å². The number of hydrogen-bond acceptors (Lipinski definition) is 5.